The number of ether oxygens (including phenoxy) is 1. The topological polar surface area (TPSA) is 26.3 Å². The summed E-state index contributed by atoms with van der Waals surface area (Å²) >= 11 is 0. The van der Waals surface area contributed by atoms with Crippen LogP contribution in [-0.2, 0) is 11.3 Å². The maximum absolute atomic E-state index is 12.4. The first-order chi connectivity index (χ1) is 10.3. The molecule has 0 N–H and O–H groups in total. The normalized spacial score (nSPS) is 10.5. The van der Waals surface area contributed by atoms with E-state index in [0.29, 0.717) is 6.61 Å². The Labute approximate surface area is 126 Å². The predicted octanol–water partition coefficient (Wildman–Crippen LogP) is 4.62. The van der Waals surface area contributed by atoms with E-state index in [0.717, 1.165) is 29.7 Å². The minimum atomic E-state index is 0.0587. The van der Waals surface area contributed by atoms with Crippen LogP contribution in [0.3, 0.4) is 0 Å². The molecule has 0 fully saturated rings. The van der Waals surface area contributed by atoms with Gasteiger partial charge in [-0.15, -0.1) is 0 Å². The maximum atomic E-state index is 12.4. The molecular weight excluding hydrogens is 260 g/mol. The van der Waals surface area contributed by atoms with E-state index in [9.17, 15) is 4.79 Å². The third-order valence-electron chi connectivity index (χ3n) is 3.39. The fourth-order valence-electron chi connectivity index (χ4n) is 2.20. The molecule has 0 aromatic heterocycles. The van der Waals surface area contributed by atoms with Crippen molar-refractivity contribution in [2.24, 2.45) is 0 Å². The molecule has 0 aliphatic carbocycles. The molecule has 0 saturated heterocycles. The quantitative estimate of drug-likeness (QED) is 0.521. The van der Waals surface area contributed by atoms with Crippen molar-refractivity contribution in [2.45, 2.75) is 32.8 Å². The van der Waals surface area contributed by atoms with Gasteiger partial charge in [0.05, 0.1) is 6.61 Å². The molecule has 21 heavy (non-hydrogen) atoms. The van der Waals surface area contributed by atoms with Crippen molar-refractivity contribution >= 4 is 5.78 Å². The number of hydrogen-bond donors (Lipinski definition) is 0. The first-order valence-corrected chi connectivity index (χ1v) is 7.57. The minimum absolute atomic E-state index is 0.0587. The minimum Gasteiger partial charge on any atom is -0.377 e. The van der Waals surface area contributed by atoms with E-state index in [1.807, 2.05) is 54.6 Å². The van der Waals surface area contributed by atoms with Crippen LogP contribution in [0.5, 0.6) is 0 Å². The smallest absolute Gasteiger partial charge is 0.193 e. The summed E-state index contributed by atoms with van der Waals surface area (Å²) in [6, 6.07) is 17.1. The molecule has 2 nitrogen and oxygen atoms in total. The van der Waals surface area contributed by atoms with Crippen molar-refractivity contribution in [3.63, 3.8) is 0 Å². The van der Waals surface area contributed by atoms with Crippen molar-refractivity contribution in [1.29, 1.82) is 0 Å². The van der Waals surface area contributed by atoms with Gasteiger partial charge in [0, 0.05) is 17.7 Å². The SMILES string of the molecule is CCCCCOCc1cccc(C(=O)c2ccccc2)c1. The molecule has 2 aromatic carbocycles. The summed E-state index contributed by atoms with van der Waals surface area (Å²) in [5, 5.41) is 0. The van der Waals surface area contributed by atoms with E-state index >= 15 is 0 Å². The number of benzene rings is 2. The lowest BCUT2D eigenvalue weighted by molar-refractivity contribution is 0.103. The summed E-state index contributed by atoms with van der Waals surface area (Å²) in [5.74, 6) is 0.0587. The number of unbranched alkanes of at least 4 members (excludes halogenated alkanes) is 2. The third-order valence-corrected chi connectivity index (χ3v) is 3.39. The maximum Gasteiger partial charge on any atom is 0.193 e. The van der Waals surface area contributed by atoms with Gasteiger partial charge in [-0.05, 0) is 18.1 Å². The van der Waals surface area contributed by atoms with Gasteiger partial charge in [0.25, 0.3) is 0 Å². The van der Waals surface area contributed by atoms with E-state index in [1.54, 1.807) is 0 Å². The number of hydrogen-bond acceptors (Lipinski definition) is 2. The van der Waals surface area contributed by atoms with E-state index < -0.39 is 0 Å². The highest BCUT2D eigenvalue weighted by molar-refractivity contribution is 6.09. The van der Waals surface area contributed by atoms with Gasteiger partial charge < -0.3 is 4.74 Å². The van der Waals surface area contributed by atoms with E-state index in [-0.39, 0.29) is 5.78 Å². The Hall–Kier alpha value is -1.93. The van der Waals surface area contributed by atoms with Gasteiger partial charge in [0.15, 0.2) is 5.78 Å². The molecule has 0 unspecified atom stereocenters. The van der Waals surface area contributed by atoms with Gasteiger partial charge >= 0.3 is 0 Å². The highest BCUT2D eigenvalue weighted by atomic mass is 16.5. The molecule has 0 atom stereocenters. The summed E-state index contributed by atoms with van der Waals surface area (Å²) in [6.45, 7) is 3.53. The molecule has 0 bridgehead atoms. The number of ketones is 1. The van der Waals surface area contributed by atoms with Crippen LogP contribution in [0.1, 0.15) is 47.7 Å². The predicted molar refractivity (Wildman–Crippen MR) is 85.5 cm³/mol. The number of carbonyl (C=O) groups is 1. The van der Waals surface area contributed by atoms with Gasteiger partial charge in [0.1, 0.15) is 0 Å². The Kier molecular flexibility index (Phi) is 6.17. The first-order valence-electron chi connectivity index (χ1n) is 7.57. The molecule has 2 heteroatoms. The van der Waals surface area contributed by atoms with E-state index in [1.165, 1.54) is 12.8 Å². The monoisotopic (exact) mass is 282 g/mol. The summed E-state index contributed by atoms with van der Waals surface area (Å²) in [6.07, 6.45) is 3.50. The Balaban J connectivity index is 1.96. The zero-order valence-electron chi connectivity index (χ0n) is 12.5. The first kappa shape index (κ1) is 15.5. The highest BCUT2D eigenvalue weighted by Gasteiger charge is 2.08. The van der Waals surface area contributed by atoms with E-state index in [2.05, 4.69) is 6.92 Å². The Morgan fingerprint density at radius 2 is 1.71 bits per heavy atom. The second-order valence-electron chi connectivity index (χ2n) is 5.16. The van der Waals surface area contributed by atoms with Crippen molar-refractivity contribution in [2.75, 3.05) is 6.61 Å². The summed E-state index contributed by atoms with van der Waals surface area (Å²) < 4.78 is 5.65. The molecule has 0 amide bonds. The Morgan fingerprint density at radius 3 is 2.48 bits per heavy atom. The third kappa shape index (κ3) is 4.83. The van der Waals surface area contributed by atoms with Gasteiger partial charge in [-0.2, -0.15) is 0 Å². The van der Waals surface area contributed by atoms with Crippen molar-refractivity contribution < 1.29 is 9.53 Å². The van der Waals surface area contributed by atoms with Crippen LogP contribution in [0.15, 0.2) is 54.6 Å². The lowest BCUT2D eigenvalue weighted by Gasteiger charge is -2.06. The fraction of sp³-hybridized carbons (Fsp3) is 0.316. The zero-order chi connectivity index (χ0) is 14.9. The lowest BCUT2D eigenvalue weighted by atomic mass is 10.0. The standard InChI is InChI=1S/C19H22O2/c1-2-3-7-13-21-15-16-9-8-12-18(14-16)19(20)17-10-5-4-6-11-17/h4-6,8-12,14H,2-3,7,13,15H2,1H3. The van der Waals surface area contributed by atoms with Gasteiger partial charge in [-0.1, -0.05) is 68.3 Å². The van der Waals surface area contributed by atoms with Crippen LogP contribution in [0.2, 0.25) is 0 Å². The van der Waals surface area contributed by atoms with Gasteiger partial charge in [-0.25, -0.2) is 0 Å². The van der Waals surface area contributed by atoms with Gasteiger partial charge in [0.2, 0.25) is 0 Å². The van der Waals surface area contributed by atoms with Crippen molar-refractivity contribution in [3.05, 3.63) is 71.3 Å². The molecule has 0 heterocycles. The molecule has 2 rings (SSSR count). The van der Waals surface area contributed by atoms with Crippen molar-refractivity contribution in [3.8, 4) is 0 Å². The number of carbonyl (C=O) groups excluding carboxylic acids is 1. The molecule has 2 aromatic rings. The second-order valence-corrected chi connectivity index (χ2v) is 5.16. The van der Waals surface area contributed by atoms with Crippen LogP contribution >= 0.6 is 0 Å². The Morgan fingerprint density at radius 1 is 0.952 bits per heavy atom. The Bertz CT molecular complexity index is 561. The molecule has 0 saturated carbocycles. The lowest BCUT2D eigenvalue weighted by Crippen LogP contribution is -2.02. The molecule has 110 valence electrons. The van der Waals surface area contributed by atoms with Crippen LogP contribution in [0, 0.1) is 0 Å². The van der Waals surface area contributed by atoms with Crippen LogP contribution in [0.4, 0.5) is 0 Å². The highest BCUT2D eigenvalue weighted by Crippen LogP contribution is 2.12. The summed E-state index contributed by atoms with van der Waals surface area (Å²) in [4.78, 5) is 12.4. The molecule has 0 radical (unpaired) electrons. The molecule has 0 aliphatic rings. The average Bonchev–Trinajstić information content (AvgIpc) is 2.55. The second kappa shape index (κ2) is 8.38. The number of rotatable bonds is 8. The largest absolute Gasteiger partial charge is 0.377 e. The van der Waals surface area contributed by atoms with Crippen LogP contribution < -0.4 is 0 Å². The van der Waals surface area contributed by atoms with Gasteiger partial charge in [-0.3, -0.25) is 4.79 Å². The molecular formula is C19H22O2. The molecule has 0 spiro atoms. The fourth-order valence-corrected chi connectivity index (χ4v) is 2.20. The van der Waals surface area contributed by atoms with E-state index in [4.69, 9.17) is 4.74 Å². The summed E-state index contributed by atoms with van der Waals surface area (Å²) in [5.41, 5.74) is 2.49. The van der Waals surface area contributed by atoms with Crippen LogP contribution in [-0.4, -0.2) is 12.4 Å². The van der Waals surface area contributed by atoms with Crippen LogP contribution in [0.25, 0.3) is 0 Å². The average molecular weight is 282 g/mol. The van der Waals surface area contributed by atoms with Crippen molar-refractivity contribution in [1.82, 2.24) is 0 Å². The zero-order valence-corrected chi connectivity index (χ0v) is 12.5. The summed E-state index contributed by atoms with van der Waals surface area (Å²) in [7, 11) is 0. The molecule has 0 aliphatic heterocycles.